The van der Waals surface area contributed by atoms with Crippen LogP contribution in [0.2, 0.25) is 0 Å². The highest BCUT2D eigenvalue weighted by molar-refractivity contribution is 5.97. The molecule has 2 aromatic carbocycles. The van der Waals surface area contributed by atoms with Crippen LogP contribution in [0.15, 0.2) is 66.7 Å². The van der Waals surface area contributed by atoms with Crippen molar-refractivity contribution >= 4 is 5.91 Å². The average Bonchev–Trinajstić information content (AvgIpc) is 2.90. The fraction of sp³-hybridized carbons (Fsp3) is 0.150. The summed E-state index contributed by atoms with van der Waals surface area (Å²) in [6.45, 7) is 0.739. The van der Waals surface area contributed by atoms with Crippen molar-refractivity contribution in [2.75, 3.05) is 6.54 Å². The molecule has 1 N–H and O–H groups in total. The number of para-hydroxylation sites is 1. The van der Waals surface area contributed by atoms with Crippen molar-refractivity contribution in [3.8, 4) is 16.9 Å². The van der Waals surface area contributed by atoms with Gasteiger partial charge in [-0.3, -0.25) is 4.79 Å². The van der Waals surface area contributed by atoms with E-state index in [1.54, 1.807) is 0 Å². The van der Waals surface area contributed by atoms with E-state index in [9.17, 15) is 4.79 Å². The molecule has 1 amide bonds. The Kier molecular flexibility index (Phi) is 3.46. The van der Waals surface area contributed by atoms with E-state index < -0.39 is 0 Å². The third kappa shape index (κ3) is 2.44. The number of carbonyl (C=O) groups is 1. The Hall–Kier alpha value is -2.81. The number of nitrogens with one attached hydrogen (secondary N) is 1. The molecule has 3 aromatic rings. The van der Waals surface area contributed by atoms with Gasteiger partial charge in [-0.1, -0.05) is 48.5 Å². The van der Waals surface area contributed by atoms with Crippen LogP contribution >= 0.6 is 0 Å². The van der Waals surface area contributed by atoms with Crippen molar-refractivity contribution in [3.63, 3.8) is 0 Å². The minimum Gasteiger partial charge on any atom is -0.352 e. The van der Waals surface area contributed by atoms with Crippen LogP contribution in [0.3, 0.4) is 0 Å². The number of amides is 1. The van der Waals surface area contributed by atoms with Gasteiger partial charge in [-0.2, -0.15) is 0 Å². The van der Waals surface area contributed by atoms with Crippen molar-refractivity contribution in [2.24, 2.45) is 0 Å². The first kappa shape index (κ1) is 13.8. The first-order valence-corrected chi connectivity index (χ1v) is 7.98. The number of carbonyl (C=O) groups excluding carboxylic acids is 1. The van der Waals surface area contributed by atoms with Gasteiger partial charge in [0.05, 0.1) is 11.3 Å². The summed E-state index contributed by atoms with van der Waals surface area (Å²) in [5.41, 5.74) is 5.19. The summed E-state index contributed by atoms with van der Waals surface area (Å²) in [5.74, 6) is 0.0318. The van der Waals surface area contributed by atoms with Gasteiger partial charge in [-0.05, 0) is 36.6 Å². The molecule has 0 fully saturated rings. The number of rotatable bonds is 2. The third-order valence-corrected chi connectivity index (χ3v) is 4.31. The number of hydrogen-bond donors (Lipinski definition) is 1. The maximum Gasteiger partial charge on any atom is 0.253 e. The normalized spacial score (nSPS) is 14.0. The predicted molar refractivity (Wildman–Crippen MR) is 91.9 cm³/mol. The SMILES string of the molecule is O=C1NCCCc2c1cc(-c1ccccc1)n2-c1ccccc1. The van der Waals surface area contributed by atoms with Crippen LogP contribution in [-0.4, -0.2) is 17.0 Å². The van der Waals surface area contributed by atoms with Crippen molar-refractivity contribution in [1.29, 1.82) is 0 Å². The molecule has 114 valence electrons. The summed E-state index contributed by atoms with van der Waals surface area (Å²) in [4.78, 5) is 12.4. The highest BCUT2D eigenvalue weighted by atomic mass is 16.1. The molecule has 1 aliphatic rings. The fourth-order valence-electron chi connectivity index (χ4n) is 3.24. The molecule has 0 atom stereocenters. The van der Waals surface area contributed by atoms with Crippen LogP contribution in [0, 0.1) is 0 Å². The van der Waals surface area contributed by atoms with Gasteiger partial charge in [-0.25, -0.2) is 0 Å². The minimum absolute atomic E-state index is 0.0318. The monoisotopic (exact) mass is 302 g/mol. The lowest BCUT2D eigenvalue weighted by atomic mass is 10.1. The van der Waals surface area contributed by atoms with E-state index in [0.29, 0.717) is 0 Å². The Morgan fingerprint density at radius 3 is 2.35 bits per heavy atom. The summed E-state index contributed by atoms with van der Waals surface area (Å²) in [6, 6.07) is 22.5. The highest BCUT2D eigenvalue weighted by Gasteiger charge is 2.23. The predicted octanol–water partition coefficient (Wildman–Crippen LogP) is 3.82. The zero-order valence-electron chi connectivity index (χ0n) is 12.8. The number of hydrogen-bond acceptors (Lipinski definition) is 1. The first-order chi connectivity index (χ1) is 11.3. The molecule has 23 heavy (non-hydrogen) atoms. The molecule has 0 bridgehead atoms. The van der Waals surface area contributed by atoms with Crippen LogP contribution in [0.25, 0.3) is 16.9 Å². The second-order valence-corrected chi connectivity index (χ2v) is 5.79. The van der Waals surface area contributed by atoms with Gasteiger partial charge in [0.2, 0.25) is 0 Å². The van der Waals surface area contributed by atoms with Crippen molar-refractivity contribution in [3.05, 3.63) is 78.0 Å². The van der Waals surface area contributed by atoms with Gasteiger partial charge in [-0.15, -0.1) is 0 Å². The smallest absolute Gasteiger partial charge is 0.253 e. The summed E-state index contributed by atoms with van der Waals surface area (Å²) >= 11 is 0. The van der Waals surface area contributed by atoms with Crippen molar-refractivity contribution in [1.82, 2.24) is 9.88 Å². The summed E-state index contributed by atoms with van der Waals surface area (Å²) in [7, 11) is 0. The number of benzene rings is 2. The molecule has 0 unspecified atom stereocenters. The molecular weight excluding hydrogens is 284 g/mol. The lowest BCUT2D eigenvalue weighted by Crippen LogP contribution is -2.22. The summed E-state index contributed by atoms with van der Waals surface area (Å²) < 4.78 is 2.23. The molecule has 3 nitrogen and oxygen atoms in total. The maximum absolute atomic E-state index is 12.4. The van der Waals surface area contributed by atoms with Crippen LogP contribution in [0.1, 0.15) is 22.5 Å². The molecule has 0 saturated carbocycles. The molecular formula is C20H18N2O. The molecule has 0 spiro atoms. The molecule has 4 rings (SSSR count). The Bertz CT molecular complexity index is 835. The quantitative estimate of drug-likeness (QED) is 0.767. The zero-order chi connectivity index (χ0) is 15.6. The van der Waals surface area contributed by atoms with Gasteiger partial charge in [0.1, 0.15) is 0 Å². The minimum atomic E-state index is 0.0318. The van der Waals surface area contributed by atoms with E-state index in [1.807, 2.05) is 42.5 Å². The Balaban J connectivity index is 1.99. The molecule has 3 heteroatoms. The molecule has 2 heterocycles. The van der Waals surface area contributed by atoms with E-state index in [-0.39, 0.29) is 5.91 Å². The number of fused-ring (bicyclic) bond motifs is 1. The van der Waals surface area contributed by atoms with Crippen molar-refractivity contribution < 1.29 is 4.79 Å². The highest BCUT2D eigenvalue weighted by Crippen LogP contribution is 2.31. The summed E-state index contributed by atoms with van der Waals surface area (Å²) in [5, 5.41) is 2.99. The Labute approximate surface area is 135 Å². The van der Waals surface area contributed by atoms with Gasteiger partial charge in [0, 0.05) is 17.9 Å². The van der Waals surface area contributed by atoms with Crippen LogP contribution in [0.5, 0.6) is 0 Å². The largest absolute Gasteiger partial charge is 0.352 e. The van der Waals surface area contributed by atoms with E-state index >= 15 is 0 Å². The third-order valence-electron chi connectivity index (χ3n) is 4.31. The zero-order valence-corrected chi connectivity index (χ0v) is 12.8. The van der Waals surface area contributed by atoms with Gasteiger partial charge in [0.25, 0.3) is 5.91 Å². The van der Waals surface area contributed by atoms with Gasteiger partial charge in [0.15, 0.2) is 0 Å². The second kappa shape index (κ2) is 5.76. The van der Waals surface area contributed by atoms with Gasteiger partial charge >= 0.3 is 0 Å². The molecule has 0 saturated heterocycles. The standard InChI is InChI=1S/C20H18N2O/c23-20-17-14-19(15-8-3-1-4-9-15)22(16-10-5-2-6-11-16)18(17)12-7-13-21-20/h1-6,8-11,14H,7,12-13H2,(H,21,23). The summed E-state index contributed by atoms with van der Waals surface area (Å²) in [6.07, 6.45) is 1.86. The molecule has 0 aliphatic carbocycles. The van der Waals surface area contributed by atoms with Crippen LogP contribution in [-0.2, 0) is 6.42 Å². The second-order valence-electron chi connectivity index (χ2n) is 5.79. The van der Waals surface area contributed by atoms with Crippen LogP contribution < -0.4 is 5.32 Å². The van der Waals surface area contributed by atoms with Gasteiger partial charge < -0.3 is 9.88 Å². The molecule has 0 radical (unpaired) electrons. The average molecular weight is 302 g/mol. The molecule has 1 aliphatic heterocycles. The van der Waals surface area contributed by atoms with E-state index in [1.165, 1.54) is 0 Å². The van der Waals surface area contributed by atoms with E-state index in [0.717, 1.165) is 47.6 Å². The lowest BCUT2D eigenvalue weighted by Gasteiger charge is -2.13. The number of aromatic nitrogens is 1. The Morgan fingerprint density at radius 2 is 1.61 bits per heavy atom. The van der Waals surface area contributed by atoms with E-state index in [4.69, 9.17) is 0 Å². The van der Waals surface area contributed by atoms with Crippen molar-refractivity contribution in [2.45, 2.75) is 12.8 Å². The molecule has 1 aromatic heterocycles. The number of nitrogens with zero attached hydrogens (tertiary/aromatic N) is 1. The fourth-order valence-corrected chi connectivity index (χ4v) is 3.24. The topological polar surface area (TPSA) is 34.0 Å². The Morgan fingerprint density at radius 1 is 0.913 bits per heavy atom. The first-order valence-electron chi connectivity index (χ1n) is 7.98. The maximum atomic E-state index is 12.4. The van der Waals surface area contributed by atoms with Crippen LogP contribution in [0.4, 0.5) is 0 Å². The lowest BCUT2D eigenvalue weighted by molar-refractivity contribution is 0.0956. The van der Waals surface area contributed by atoms with E-state index in [2.05, 4.69) is 34.1 Å².